The van der Waals surface area contributed by atoms with Gasteiger partial charge in [-0.3, -0.25) is 0 Å². The summed E-state index contributed by atoms with van der Waals surface area (Å²) in [6.07, 6.45) is 1.31. The lowest BCUT2D eigenvalue weighted by Gasteiger charge is -2.09. The molecule has 0 saturated carbocycles. The van der Waals surface area contributed by atoms with Crippen molar-refractivity contribution in [3.8, 4) is 17.9 Å². The van der Waals surface area contributed by atoms with Gasteiger partial charge in [0.05, 0.1) is 12.3 Å². The fraction of sp³-hybridized carbons (Fsp3) is 0.167. The molecular formula is C12H11N3O2. The van der Waals surface area contributed by atoms with E-state index >= 15 is 0 Å². The van der Waals surface area contributed by atoms with Crippen LogP contribution in [0, 0.1) is 22.7 Å². The largest absolute Gasteiger partial charge is 0.489 e. The van der Waals surface area contributed by atoms with E-state index in [0.29, 0.717) is 11.4 Å². The van der Waals surface area contributed by atoms with Gasteiger partial charge in [-0.25, -0.2) is 0 Å². The van der Waals surface area contributed by atoms with Crippen LogP contribution in [-0.2, 0) is 0 Å². The van der Waals surface area contributed by atoms with Gasteiger partial charge in [0, 0.05) is 6.20 Å². The standard InChI is InChI=1S/C12H11N3O2/c13-7-10(8-14)9-15-11-3-1-2-4-12(11)17-6-5-16/h1-4,9,15-16H,5-6H2. The summed E-state index contributed by atoms with van der Waals surface area (Å²) in [6.45, 7) is 0.109. The minimum atomic E-state index is -0.0776. The summed E-state index contributed by atoms with van der Waals surface area (Å²) in [5.41, 5.74) is 0.603. The Morgan fingerprint density at radius 1 is 1.35 bits per heavy atom. The molecule has 0 radical (unpaired) electrons. The molecule has 0 aliphatic rings. The minimum absolute atomic E-state index is 0.0260. The topological polar surface area (TPSA) is 89.1 Å². The summed E-state index contributed by atoms with van der Waals surface area (Å²) < 4.78 is 5.28. The van der Waals surface area contributed by atoms with Crippen LogP contribution in [0.25, 0.3) is 0 Å². The van der Waals surface area contributed by atoms with Gasteiger partial charge in [0.15, 0.2) is 0 Å². The van der Waals surface area contributed by atoms with Gasteiger partial charge in [-0.2, -0.15) is 10.5 Å². The molecule has 1 aromatic carbocycles. The van der Waals surface area contributed by atoms with Gasteiger partial charge in [-0.05, 0) is 12.1 Å². The summed E-state index contributed by atoms with van der Waals surface area (Å²) in [6, 6.07) is 10.5. The van der Waals surface area contributed by atoms with E-state index in [9.17, 15) is 0 Å². The average Bonchev–Trinajstić information content (AvgIpc) is 2.38. The van der Waals surface area contributed by atoms with Gasteiger partial charge in [0.1, 0.15) is 30.1 Å². The third kappa shape index (κ3) is 3.86. The molecular weight excluding hydrogens is 218 g/mol. The number of allylic oxidation sites excluding steroid dienone is 1. The lowest BCUT2D eigenvalue weighted by molar-refractivity contribution is 0.202. The van der Waals surface area contributed by atoms with Crippen LogP contribution in [0.15, 0.2) is 36.0 Å². The summed E-state index contributed by atoms with van der Waals surface area (Å²) in [5.74, 6) is 0.549. The van der Waals surface area contributed by atoms with E-state index < -0.39 is 0 Å². The molecule has 1 aromatic rings. The fourth-order valence-electron chi connectivity index (χ4n) is 1.11. The van der Waals surface area contributed by atoms with Gasteiger partial charge >= 0.3 is 0 Å². The maximum Gasteiger partial charge on any atom is 0.145 e. The second kappa shape index (κ2) is 6.89. The van der Waals surface area contributed by atoms with Gasteiger partial charge < -0.3 is 15.2 Å². The van der Waals surface area contributed by atoms with Crippen LogP contribution < -0.4 is 10.1 Å². The maximum absolute atomic E-state index is 8.67. The molecule has 1 rings (SSSR count). The van der Waals surface area contributed by atoms with Crippen LogP contribution >= 0.6 is 0 Å². The number of benzene rings is 1. The second-order valence-electron chi connectivity index (χ2n) is 2.99. The number of nitrogens with one attached hydrogen (secondary N) is 1. The first kappa shape index (κ1) is 12.6. The highest BCUT2D eigenvalue weighted by molar-refractivity contribution is 5.59. The first-order valence-electron chi connectivity index (χ1n) is 4.91. The average molecular weight is 229 g/mol. The summed E-state index contributed by atoms with van der Waals surface area (Å²) in [5, 5.41) is 28.6. The molecule has 0 unspecified atom stereocenters. The molecule has 0 amide bonds. The molecule has 0 heterocycles. The van der Waals surface area contributed by atoms with Crippen molar-refractivity contribution in [3.63, 3.8) is 0 Å². The quantitative estimate of drug-likeness (QED) is 0.745. The number of nitrogens with zero attached hydrogens (tertiary/aromatic N) is 2. The smallest absolute Gasteiger partial charge is 0.145 e. The molecule has 0 aliphatic carbocycles. The van der Waals surface area contributed by atoms with Gasteiger partial charge in [0.2, 0.25) is 0 Å². The number of hydrogen-bond donors (Lipinski definition) is 2. The molecule has 0 atom stereocenters. The van der Waals surface area contributed by atoms with Crippen molar-refractivity contribution in [1.82, 2.24) is 0 Å². The molecule has 0 aliphatic heterocycles. The number of nitriles is 2. The van der Waals surface area contributed by atoms with Crippen LogP contribution in [0.5, 0.6) is 5.75 Å². The molecule has 5 heteroatoms. The van der Waals surface area contributed by atoms with Crippen molar-refractivity contribution in [3.05, 3.63) is 36.0 Å². The van der Waals surface area contributed by atoms with Crippen LogP contribution in [0.4, 0.5) is 5.69 Å². The highest BCUT2D eigenvalue weighted by Gasteiger charge is 2.01. The highest BCUT2D eigenvalue weighted by atomic mass is 16.5. The normalized spacial score (nSPS) is 8.65. The third-order valence-corrected chi connectivity index (χ3v) is 1.85. The van der Waals surface area contributed by atoms with Crippen molar-refractivity contribution < 1.29 is 9.84 Å². The first-order valence-corrected chi connectivity index (χ1v) is 4.91. The Bertz CT molecular complexity index is 467. The van der Waals surface area contributed by atoms with Crippen molar-refractivity contribution in [2.75, 3.05) is 18.5 Å². The summed E-state index contributed by atoms with van der Waals surface area (Å²) >= 11 is 0. The summed E-state index contributed by atoms with van der Waals surface area (Å²) in [4.78, 5) is 0. The van der Waals surface area contributed by atoms with E-state index in [1.807, 2.05) is 0 Å². The van der Waals surface area contributed by atoms with Crippen molar-refractivity contribution >= 4 is 5.69 Å². The van der Waals surface area contributed by atoms with Gasteiger partial charge in [-0.1, -0.05) is 12.1 Å². The zero-order valence-corrected chi connectivity index (χ0v) is 9.05. The lowest BCUT2D eigenvalue weighted by atomic mass is 10.3. The number of aliphatic hydroxyl groups is 1. The first-order chi connectivity index (χ1) is 8.31. The Hall–Kier alpha value is -2.50. The van der Waals surface area contributed by atoms with Crippen LogP contribution in [0.3, 0.4) is 0 Å². The van der Waals surface area contributed by atoms with E-state index in [4.69, 9.17) is 20.4 Å². The van der Waals surface area contributed by atoms with E-state index in [2.05, 4.69) is 5.32 Å². The molecule has 2 N–H and O–H groups in total. The zero-order chi connectivity index (χ0) is 12.5. The number of ether oxygens (including phenoxy) is 1. The number of anilines is 1. The van der Waals surface area contributed by atoms with E-state index in [1.54, 1.807) is 36.4 Å². The Labute approximate surface area is 99.2 Å². The minimum Gasteiger partial charge on any atom is -0.489 e. The predicted octanol–water partition coefficient (Wildman–Crippen LogP) is 1.40. The number of rotatable bonds is 5. The fourth-order valence-corrected chi connectivity index (χ4v) is 1.11. The molecule has 17 heavy (non-hydrogen) atoms. The monoisotopic (exact) mass is 229 g/mol. The highest BCUT2D eigenvalue weighted by Crippen LogP contribution is 2.23. The van der Waals surface area contributed by atoms with Gasteiger partial charge in [0.25, 0.3) is 0 Å². The van der Waals surface area contributed by atoms with Crippen LogP contribution in [0.2, 0.25) is 0 Å². The lowest BCUT2D eigenvalue weighted by Crippen LogP contribution is -2.03. The van der Waals surface area contributed by atoms with Crippen molar-refractivity contribution in [2.45, 2.75) is 0 Å². The predicted molar refractivity (Wildman–Crippen MR) is 62.0 cm³/mol. The van der Waals surface area contributed by atoms with Crippen LogP contribution in [0.1, 0.15) is 0 Å². The molecule has 5 nitrogen and oxygen atoms in total. The Morgan fingerprint density at radius 3 is 2.71 bits per heavy atom. The molecule has 0 bridgehead atoms. The molecule has 86 valence electrons. The second-order valence-corrected chi connectivity index (χ2v) is 2.99. The van der Waals surface area contributed by atoms with E-state index in [1.165, 1.54) is 6.20 Å². The SMILES string of the molecule is N#CC(C#N)=CNc1ccccc1OCCO. The van der Waals surface area contributed by atoms with Crippen molar-refractivity contribution in [2.24, 2.45) is 0 Å². The Morgan fingerprint density at radius 2 is 2.06 bits per heavy atom. The Kier molecular flexibility index (Phi) is 5.09. The maximum atomic E-state index is 8.67. The molecule has 0 aromatic heterocycles. The molecule has 0 saturated heterocycles. The zero-order valence-electron chi connectivity index (χ0n) is 9.05. The number of hydrogen-bond acceptors (Lipinski definition) is 5. The van der Waals surface area contributed by atoms with Crippen LogP contribution in [-0.4, -0.2) is 18.3 Å². The van der Waals surface area contributed by atoms with E-state index in [0.717, 1.165) is 0 Å². The number of para-hydroxylation sites is 2. The van der Waals surface area contributed by atoms with E-state index in [-0.39, 0.29) is 18.8 Å². The summed E-state index contributed by atoms with van der Waals surface area (Å²) in [7, 11) is 0. The number of aliphatic hydroxyl groups excluding tert-OH is 1. The van der Waals surface area contributed by atoms with Crippen molar-refractivity contribution in [1.29, 1.82) is 10.5 Å². The Balaban J connectivity index is 2.81. The molecule has 0 spiro atoms. The molecule has 0 fully saturated rings. The third-order valence-electron chi connectivity index (χ3n) is 1.85. The van der Waals surface area contributed by atoms with Gasteiger partial charge in [-0.15, -0.1) is 0 Å².